The normalized spacial score (nSPS) is 12.3. The van der Waals surface area contributed by atoms with Crippen molar-refractivity contribution >= 4 is 21.6 Å². The third kappa shape index (κ3) is 5.79. The molecular formula is C18H22N2O4S. The number of anilines is 1. The van der Waals surface area contributed by atoms with Gasteiger partial charge in [-0.25, -0.2) is 8.42 Å². The summed E-state index contributed by atoms with van der Waals surface area (Å²) in [4.78, 5) is 12.4. The lowest BCUT2D eigenvalue weighted by Gasteiger charge is -2.15. The van der Waals surface area contributed by atoms with Crippen molar-refractivity contribution in [3.63, 3.8) is 0 Å². The molecule has 134 valence electrons. The van der Waals surface area contributed by atoms with Crippen molar-refractivity contribution in [1.82, 2.24) is 5.32 Å². The average Bonchev–Trinajstić information content (AvgIpc) is 2.54. The Balaban J connectivity index is 2.07. The summed E-state index contributed by atoms with van der Waals surface area (Å²) in [7, 11) is -3.39. The van der Waals surface area contributed by atoms with Crippen LogP contribution in [0.1, 0.15) is 35.8 Å². The summed E-state index contributed by atoms with van der Waals surface area (Å²) in [6.07, 6.45) is 1.06. The molecule has 0 spiro atoms. The van der Waals surface area contributed by atoms with Gasteiger partial charge in [-0.15, -0.1) is 0 Å². The number of rotatable bonds is 7. The first-order valence-electron chi connectivity index (χ1n) is 7.90. The topological polar surface area (TPSA) is 84.5 Å². The Hall–Kier alpha value is -2.54. The summed E-state index contributed by atoms with van der Waals surface area (Å²) < 4.78 is 30.4. The Kier molecular flexibility index (Phi) is 6.03. The van der Waals surface area contributed by atoms with Crippen molar-refractivity contribution in [2.24, 2.45) is 0 Å². The molecule has 0 radical (unpaired) electrons. The van der Waals surface area contributed by atoms with Gasteiger partial charge in [0.2, 0.25) is 10.0 Å². The molecular weight excluding hydrogens is 340 g/mol. The predicted octanol–water partition coefficient (Wildman–Crippen LogP) is 2.95. The lowest BCUT2D eigenvalue weighted by atomic mass is 10.1. The van der Waals surface area contributed by atoms with Gasteiger partial charge < -0.3 is 10.1 Å². The number of hydrogen-bond donors (Lipinski definition) is 2. The fraction of sp³-hybridized carbons (Fsp3) is 0.278. The van der Waals surface area contributed by atoms with Crippen molar-refractivity contribution in [3.05, 3.63) is 59.7 Å². The van der Waals surface area contributed by atoms with Crippen LogP contribution in [0.3, 0.4) is 0 Å². The molecule has 7 heteroatoms. The number of ether oxygens (including phenoxy) is 1. The number of carbonyl (C=O) groups is 1. The highest BCUT2D eigenvalue weighted by Crippen LogP contribution is 2.19. The Morgan fingerprint density at radius 3 is 2.44 bits per heavy atom. The molecule has 0 aliphatic rings. The summed E-state index contributed by atoms with van der Waals surface area (Å²) in [5.41, 5.74) is 1.68. The first-order valence-corrected chi connectivity index (χ1v) is 9.79. The molecule has 6 nitrogen and oxygen atoms in total. The maximum Gasteiger partial charge on any atom is 0.251 e. The van der Waals surface area contributed by atoms with Crippen molar-refractivity contribution in [1.29, 1.82) is 0 Å². The maximum absolute atomic E-state index is 12.4. The second-order valence-corrected chi connectivity index (χ2v) is 7.40. The SMILES string of the molecule is CCOc1ccc([C@@H](C)NC(=O)c2cccc(NS(C)(=O)=O)c2)cc1. The fourth-order valence-electron chi connectivity index (χ4n) is 2.32. The fourth-order valence-corrected chi connectivity index (χ4v) is 2.88. The molecule has 0 saturated heterocycles. The van der Waals surface area contributed by atoms with Crippen molar-refractivity contribution in [2.45, 2.75) is 19.9 Å². The van der Waals surface area contributed by atoms with E-state index in [0.29, 0.717) is 17.9 Å². The first-order chi connectivity index (χ1) is 11.8. The summed E-state index contributed by atoms with van der Waals surface area (Å²) >= 11 is 0. The highest BCUT2D eigenvalue weighted by molar-refractivity contribution is 7.92. The van der Waals surface area contributed by atoms with Gasteiger partial charge in [0, 0.05) is 11.3 Å². The summed E-state index contributed by atoms with van der Waals surface area (Å²) in [5.74, 6) is 0.503. The van der Waals surface area contributed by atoms with Crippen LogP contribution in [-0.4, -0.2) is 27.2 Å². The van der Waals surface area contributed by atoms with Crippen molar-refractivity contribution in [3.8, 4) is 5.75 Å². The highest BCUT2D eigenvalue weighted by atomic mass is 32.2. The van der Waals surface area contributed by atoms with Crippen LogP contribution in [0.15, 0.2) is 48.5 Å². The Bertz CT molecular complexity index is 832. The molecule has 2 aromatic rings. The highest BCUT2D eigenvalue weighted by Gasteiger charge is 2.13. The van der Waals surface area contributed by atoms with E-state index in [1.54, 1.807) is 18.2 Å². The molecule has 0 heterocycles. The van der Waals surface area contributed by atoms with Crippen LogP contribution in [0.2, 0.25) is 0 Å². The monoisotopic (exact) mass is 362 g/mol. The second-order valence-electron chi connectivity index (χ2n) is 5.65. The van der Waals surface area contributed by atoms with Crippen LogP contribution in [0.4, 0.5) is 5.69 Å². The van der Waals surface area contributed by atoms with Crippen molar-refractivity contribution < 1.29 is 17.9 Å². The number of carbonyl (C=O) groups excluding carboxylic acids is 1. The summed E-state index contributed by atoms with van der Waals surface area (Å²) in [5, 5.41) is 2.90. The van der Waals surface area contributed by atoms with E-state index in [1.807, 2.05) is 38.1 Å². The zero-order valence-electron chi connectivity index (χ0n) is 14.4. The Labute approximate surface area is 148 Å². The number of hydrogen-bond acceptors (Lipinski definition) is 4. The molecule has 2 aromatic carbocycles. The van der Waals surface area contributed by atoms with E-state index in [9.17, 15) is 13.2 Å². The van der Waals surface area contributed by atoms with Gasteiger partial charge in [0.1, 0.15) is 5.75 Å². The van der Waals surface area contributed by atoms with E-state index in [2.05, 4.69) is 10.0 Å². The maximum atomic E-state index is 12.4. The second kappa shape index (κ2) is 8.02. The minimum absolute atomic E-state index is 0.199. The van der Waals surface area contributed by atoms with E-state index in [1.165, 1.54) is 6.07 Å². The smallest absolute Gasteiger partial charge is 0.251 e. The number of sulfonamides is 1. The molecule has 25 heavy (non-hydrogen) atoms. The molecule has 1 atom stereocenters. The number of amides is 1. The molecule has 0 aliphatic heterocycles. The van der Waals surface area contributed by atoms with E-state index in [4.69, 9.17) is 4.74 Å². The van der Waals surface area contributed by atoms with Gasteiger partial charge in [0.15, 0.2) is 0 Å². The van der Waals surface area contributed by atoms with Crippen LogP contribution in [0.5, 0.6) is 5.75 Å². The van der Waals surface area contributed by atoms with Crippen molar-refractivity contribution in [2.75, 3.05) is 17.6 Å². The van der Waals surface area contributed by atoms with Crippen LogP contribution >= 0.6 is 0 Å². The Morgan fingerprint density at radius 2 is 1.84 bits per heavy atom. The molecule has 1 amide bonds. The third-order valence-corrected chi connectivity index (χ3v) is 4.07. The predicted molar refractivity (Wildman–Crippen MR) is 98.4 cm³/mol. The van der Waals surface area contributed by atoms with Gasteiger partial charge in [0.25, 0.3) is 5.91 Å². The lowest BCUT2D eigenvalue weighted by Crippen LogP contribution is -2.26. The van der Waals surface area contributed by atoms with E-state index >= 15 is 0 Å². The Morgan fingerprint density at radius 1 is 1.16 bits per heavy atom. The first kappa shape index (κ1) is 18.8. The molecule has 0 bridgehead atoms. The van der Waals surface area contributed by atoms with E-state index in [0.717, 1.165) is 17.6 Å². The summed E-state index contributed by atoms with van der Waals surface area (Å²) in [6, 6.07) is 13.7. The molecule has 0 unspecified atom stereocenters. The van der Waals surface area contributed by atoms with Gasteiger partial charge in [-0.05, 0) is 49.7 Å². The van der Waals surface area contributed by atoms with E-state index in [-0.39, 0.29) is 11.9 Å². The zero-order valence-corrected chi connectivity index (χ0v) is 15.3. The molecule has 0 aromatic heterocycles. The van der Waals surface area contributed by atoms with Crippen LogP contribution in [-0.2, 0) is 10.0 Å². The van der Waals surface area contributed by atoms with Gasteiger partial charge in [-0.3, -0.25) is 9.52 Å². The number of nitrogens with one attached hydrogen (secondary N) is 2. The minimum atomic E-state index is -3.39. The van der Waals surface area contributed by atoms with Gasteiger partial charge >= 0.3 is 0 Å². The molecule has 2 N–H and O–H groups in total. The standard InChI is InChI=1S/C18H22N2O4S/c1-4-24-17-10-8-14(9-11-17)13(2)19-18(21)15-6-5-7-16(12-15)20-25(3,22)23/h5-13,20H,4H2,1-3H3,(H,19,21)/t13-/m1/s1. The van der Waals surface area contributed by atoms with Gasteiger partial charge in [0.05, 0.1) is 18.9 Å². The minimum Gasteiger partial charge on any atom is -0.494 e. The molecule has 2 rings (SSSR count). The molecule has 0 aliphatic carbocycles. The lowest BCUT2D eigenvalue weighted by molar-refractivity contribution is 0.0940. The van der Waals surface area contributed by atoms with Crippen LogP contribution in [0, 0.1) is 0 Å². The largest absolute Gasteiger partial charge is 0.494 e. The quantitative estimate of drug-likeness (QED) is 0.793. The third-order valence-electron chi connectivity index (χ3n) is 3.47. The average molecular weight is 362 g/mol. The summed E-state index contributed by atoms with van der Waals surface area (Å²) in [6.45, 7) is 4.40. The van der Waals surface area contributed by atoms with Crippen LogP contribution in [0.25, 0.3) is 0 Å². The molecule has 0 fully saturated rings. The van der Waals surface area contributed by atoms with Crippen LogP contribution < -0.4 is 14.8 Å². The van der Waals surface area contributed by atoms with E-state index < -0.39 is 10.0 Å². The van der Waals surface area contributed by atoms with Gasteiger partial charge in [-0.1, -0.05) is 18.2 Å². The molecule has 0 saturated carbocycles. The van der Waals surface area contributed by atoms with Gasteiger partial charge in [-0.2, -0.15) is 0 Å². The number of benzene rings is 2. The zero-order chi connectivity index (χ0) is 18.4.